The topological polar surface area (TPSA) is 63.2 Å². The fourth-order valence-electron chi connectivity index (χ4n) is 1.86. The molecule has 0 atom stereocenters. The second-order valence-corrected chi connectivity index (χ2v) is 4.22. The Balaban J connectivity index is 2.52. The van der Waals surface area contributed by atoms with E-state index < -0.39 is 17.5 Å². The number of carbonyl (C=O) groups excluding carboxylic acids is 3. The smallest absolute Gasteiger partial charge is 0.221 e. The Bertz CT molecular complexity index is 526. The first-order valence-electron chi connectivity index (χ1n) is 5.20. The van der Waals surface area contributed by atoms with Gasteiger partial charge in [-0.25, -0.2) is 0 Å². The van der Waals surface area contributed by atoms with E-state index in [-0.39, 0.29) is 10.7 Å². The van der Waals surface area contributed by atoms with Gasteiger partial charge in [-0.05, 0) is 12.8 Å². The molecule has 0 fully saturated rings. The van der Waals surface area contributed by atoms with Crippen LogP contribution in [0.15, 0.2) is 34.0 Å². The van der Waals surface area contributed by atoms with Crippen LogP contribution in [-0.4, -0.2) is 17.5 Å². The lowest BCUT2D eigenvalue weighted by Gasteiger charge is -2.21. The molecule has 0 heterocycles. The van der Waals surface area contributed by atoms with Crippen LogP contribution in [0.5, 0.6) is 0 Å². The standard InChI is InChI=1S/C12H10ClNO3/c1-6(15)14-10-9(13)11(16)7-4-2-3-5-8(7)12(10)17/h4-5H,2-3H2,1H3,(H,14,15). The summed E-state index contributed by atoms with van der Waals surface area (Å²) in [6, 6.07) is 0. The average Bonchev–Trinajstić information content (AvgIpc) is 2.31. The van der Waals surface area contributed by atoms with E-state index in [9.17, 15) is 14.4 Å². The lowest BCUT2D eigenvalue weighted by molar-refractivity contribution is -0.121. The Labute approximate surface area is 103 Å². The molecule has 0 radical (unpaired) electrons. The fourth-order valence-corrected chi connectivity index (χ4v) is 2.09. The minimum Gasteiger partial charge on any atom is -0.322 e. The number of carbonyl (C=O) groups is 3. The zero-order chi connectivity index (χ0) is 12.6. The number of ketones is 2. The molecule has 2 aliphatic rings. The number of hydrogen-bond donors (Lipinski definition) is 1. The fraction of sp³-hybridized carbons (Fsp3) is 0.250. The van der Waals surface area contributed by atoms with Gasteiger partial charge in [-0.15, -0.1) is 0 Å². The maximum atomic E-state index is 12.0. The van der Waals surface area contributed by atoms with Gasteiger partial charge in [-0.1, -0.05) is 23.8 Å². The summed E-state index contributed by atoms with van der Waals surface area (Å²) in [4.78, 5) is 34.9. The molecule has 0 saturated heterocycles. The summed E-state index contributed by atoms with van der Waals surface area (Å²) in [5, 5.41) is 2.10. The molecular weight excluding hydrogens is 242 g/mol. The van der Waals surface area contributed by atoms with Crippen molar-refractivity contribution < 1.29 is 14.4 Å². The molecule has 0 aromatic heterocycles. The van der Waals surface area contributed by atoms with Crippen molar-refractivity contribution in [1.29, 1.82) is 0 Å². The zero-order valence-corrected chi connectivity index (χ0v) is 9.93. The second kappa shape index (κ2) is 4.30. The molecule has 1 N–H and O–H groups in total. The number of Topliss-reactive ketones (excluding diaryl/α,β-unsaturated/α-hetero) is 2. The predicted octanol–water partition coefficient (Wildman–Crippen LogP) is 1.37. The minimum atomic E-state index is -0.428. The summed E-state index contributed by atoms with van der Waals surface area (Å²) in [5.41, 5.74) is 0.573. The molecule has 0 unspecified atom stereocenters. The van der Waals surface area contributed by atoms with E-state index >= 15 is 0 Å². The van der Waals surface area contributed by atoms with Gasteiger partial charge in [0.1, 0.15) is 10.7 Å². The SMILES string of the molecule is CC(=O)NC1=C(Cl)C(=O)C2=CCCC=C2C1=O. The molecule has 0 aliphatic heterocycles. The third-order valence-corrected chi connectivity index (χ3v) is 2.95. The van der Waals surface area contributed by atoms with E-state index in [0.717, 1.165) is 6.42 Å². The van der Waals surface area contributed by atoms with E-state index in [2.05, 4.69) is 5.32 Å². The highest BCUT2D eigenvalue weighted by Gasteiger charge is 2.35. The molecule has 4 nitrogen and oxygen atoms in total. The average molecular weight is 252 g/mol. The van der Waals surface area contributed by atoms with Gasteiger partial charge in [0, 0.05) is 18.1 Å². The summed E-state index contributed by atoms with van der Waals surface area (Å²) in [7, 11) is 0. The molecule has 88 valence electrons. The van der Waals surface area contributed by atoms with E-state index in [1.54, 1.807) is 12.2 Å². The van der Waals surface area contributed by atoms with Gasteiger partial charge in [0.05, 0.1) is 0 Å². The van der Waals surface area contributed by atoms with Gasteiger partial charge >= 0.3 is 0 Å². The maximum Gasteiger partial charge on any atom is 0.221 e. The van der Waals surface area contributed by atoms with E-state index in [1.165, 1.54) is 6.92 Å². The number of allylic oxidation sites excluding steroid dienone is 5. The van der Waals surface area contributed by atoms with Gasteiger partial charge in [0.15, 0.2) is 0 Å². The lowest BCUT2D eigenvalue weighted by Crippen LogP contribution is -2.33. The van der Waals surface area contributed by atoms with Gasteiger partial charge in [0.25, 0.3) is 0 Å². The molecular formula is C12H10ClNO3. The largest absolute Gasteiger partial charge is 0.322 e. The summed E-state index contributed by atoms with van der Waals surface area (Å²) in [6.07, 6.45) is 4.85. The number of halogens is 1. The van der Waals surface area contributed by atoms with Crippen LogP contribution in [0.1, 0.15) is 19.8 Å². The van der Waals surface area contributed by atoms with Crippen LogP contribution >= 0.6 is 11.6 Å². The number of rotatable bonds is 1. The quantitative estimate of drug-likeness (QED) is 0.766. The molecule has 2 aliphatic carbocycles. The molecule has 2 rings (SSSR count). The zero-order valence-electron chi connectivity index (χ0n) is 9.17. The first-order valence-corrected chi connectivity index (χ1v) is 5.57. The summed E-state index contributed by atoms with van der Waals surface area (Å²) in [5.74, 6) is -1.22. The number of nitrogens with one attached hydrogen (secondary N) is 1. The van der Waals surface area contributed by atoms with Crippen molar-refractivity contribution in [3.05, 3.63) is 34.0 Å². The van der Waals surface area contributed by atoms with Gasteiger partial charge in [0.2, 0.25) is 17.5 Å². The van der Waals surface area contributed by atoms with Gasteiger partial charge in [-0.2, -0.15) is 0 Å². The monoisotopic (exact) mass is 251 g/mol. The first kappa shape index (κ1) is 11.8. The minimum absolute atomic E-state index is 0.116. The molecule has 5 heteroatoms. The van der Waals surface area contributed by atoms with E-state index in [1.807, 2.05) is 0 Å². The molecule has 17 heavy (non-hydrogen) atoms. The summed E-state index contributed by atoms with van der Waals surface area (Å²) < 4.78 is 0. The summed E-state index contributed by atoms with van der Waals surface area (Å²) in [6.45, 7) is 1.26. The highest BCUT2D eigenvalue weighted by molar-refractivity contribution is 6.51. The maximum absolute atomic E-state index is 12.0. The Kier molecular flexibility index (Phi) is 2.98. The highest BCUT2D eigenvalue weighted by atomic mass is 35.5. The molecule has 0 aromatic carbocycles. The van der Waals surface area contributed by atoms with Crippen LogP contribution in [0.25, 0.3) is 0 Å². The number of fused-ring (bicyclic) bond motifs is 1. The molecule has 0 aromatic rings. The van der Waals surface area contributed by atoms with Crippen LogP contribution in [0.2, 0.25) is 0 Å². The van der Waals surface area contributed by atoms with Crippen molar-refractivity contribution in [2.75, 3.05) is 0 Å². The van der Waals surface area contributed by atoms with Crippen molar-refractivity contribution >= 4 is 29.1 Å². The third-order valence-electron chi connectivity index (χ3n) is 2.59. The lowest BCUT2D eigenvalue weighted by atomic mass is 9.85. The van der Waals surface area contributed by atoms with Crippen molar-refractivity contribution in [2.24, 2.45) is 0 Å². The Morgan fingerprint density at radius 2 is 1.71 bits per heavy atom. The van der Waals surface area contributed by atoms with Gasteiger partial charge in [-0.3, -0.25) is 14.4 Å². The van der Waals surface area contributed by atoms with E-state index in [4.69, 9.17) is 11.6 Å². The molecule has 0 bridgehead atoms. The summed E-state index contributed by atoms with van der Waals surface area (Å²) >= 11 is 5.82. The van der Waals surface area contributed by atoms with Crippen LogP contribution in [-0.2, 0) is 14.4 Å². The normalized spacial score (nSPS) is 19.6. The highest BCUT2D eigenvalue weighted by Crippen LogP contribution is 2.32. The Morgan fingerprint density at radius 3 is 2.24 bits per heavy atom. The van der Waals surface area contributed by atoms with Crippen LogP contribution in [0.3, 0.4) is 0 Å². The molecule has 0 saturated carbocycles. The van der Waals surface area contributed by atoms with Crippen molar-refractivity contribution in [3.8, 4) is 0 Å². The Hall–Kier alpha value is -1.68. The van der Waals surface area contributed by atoms with Crippen molar-refractivity contribution in [1.82, 2.24) is 5.32 Å². The molecule has 0 spiro atoms. The van der Waals surface area contributed by atoms with Crippen LogP contribution in [0.4, 0.5) is 0 Å². The third kappa shape index (κ3) is 1.96. The van der Waals surface area contributed by atoms with Crippen LogP contribution < -0.4 is 5.32 Å². The predicted molar refractivity (Wildman–Crippen MR) is 62.1 cm³/mol. The van der Waals surface area contributed by atoms with E-state index in [0.29, 0.717) is 17.6 Å². The molecule has 1 amide bonds. The number of hydrogen-bond acceptors (Lipinski definition) is 3. The van der Waals surface area contributed by atoms with Crippen molar-refractivity contribution in [3.63, 3.8) is 0 Å². The van der Waals surface area contributed by atoms with Gasteiger partial charge < -0.3 is 5.32 Å². The number of amides is 1. The van der Waals surface area contributed by atoms with Crippen molar-refractivity contribution in [2.45, 2.75) is 19.8 Å². The first-order chi connectivity index (χ1) is 8.02. The Morgan fingerprint density at radius 1 is 1.18 bits per heavy atom. The second-order valence-electron chi connectivity index (χ2n) is 3.84. The van der Waals surface area contributed by atoms with Crippen LogP contribution in [0, 0.1) is 0 Å².